The molecule has 148 valence electrons. The van der Waals surface area contributed by atoms with Gasteiger partial charge in [-0.2, -0.15) is 5.10 Å². The van der Waals surface area contributed by atoms with E-state index >= 15 is 0 Å². The number of hydrogen-bond acceptors (Lipinski definition) is 5. The zero-order valence-corrected chi connectivity index (χ0v) is 16.1. The lowest BCUT2D eigenvalue weighted by Crippen LogP contribution is -3.15. The van der Waals surface area contributed by atoms with E-state index in [4.69, 9.17) is 4.74 Å². The molecule has 7 nitrogen and oxygen atoms in total. The van der Waals surface area contributed by atoms with Gasteiger partial charge in [-0.25, -0.2) is 5.43 Å². The summed E-state index contributed by atoms with van der Waals surface area (Å²) in [5.74, 6) is 0.333. The van der Waals surface area contributed by atoms with Crippen LogP contribution in [0.25, 0.3) is 0 Å². The summed E-state index contributed by atoms with van der Waals surface area (Å²) in [4.78, 5) is 15.8. The van der Waals surface area contributed by atoms with Gasteiger partial charge in [0.2, 0.25) is 5.91 Å². The Hall–Kier alpha value is -3.06. The number of carbonyl (C=O) groups is 1. The van der Waals surface area contributed by atoms with E-state index < -0.39 is 0 Å². The third-order valence-electron chi connectivity index (χ3n) is 4.90. The number of amides is 1. The second-order valence-electron chi connectivity index (χ2n) is 6.80. The number of nitrogens with one attached hydrogen (secondary N) is 2. The number of hydrazone groups is 1. The van der Waals surface area contributed by atoms with Crippen LogP contribution in [0.1, 0.15) is 12.0 Å². The van der Waals surface area contributed by atoms with Crippen molar-refractivity contribution in [2.75, 3.05) is 44.7 Å². The number of rotatable bonds is 7. The monoisotopic (exact) mass is 383 g/mol. The number of nitrogens with zero attached hydrogens (tertiary/aromatic N) is 2. The van der Waals surface area contributed by atoms with Gasteiger partial charge in [0.15, 0.2) is 11.5 Å². The first-order valence-electron chi connectivity index (χ1n) is 9.48. The van der Waals surface area contributed by atoms with Crippen LogP contribution in [-0.4, -0.2) is 57.1 Å². The fourth-order valence-corrected chi connectivity index (χ4v) is 3.28. The summed E-state index contributed by atoms with van der Waals surface area (Å²) in [6.07, 6.45) is 1.94. The number of hydrogen-bond donors (Lipinski definition) is 3. The first kappa shape index (κ1) is 19.7. The fourth-order valence-electron chi connectivity index (χ4n) is 3.28. The van der Waals surface area contributed by atoms with Crippen LogP contribution in [0.15, 0.2) is 53.6 Å². The van der Waals surface area contributed by atoms with Crippen molar-refractivity contribution < 1.29 is 19.5 Å². The Morgan fingerprint density at radius 3 is 2.68 bits per heavy atom. The van der Waals surface area contributed by atoms with Crippen molar-refractivity contribution in [1.82, 2.24) is 5.43 Å². The quantitative estimate of drug-likeness (QED) is 0.485. The number of anilines is 1. The molecule has 1 saturated heterocycles. The Balaban J connectivity index is 1.37. The predicted molar refractivity (Wildman–Crippen MR) is 109 cm³/mol. The smallest absolute Gasteiger partial charge is 0.245 e. The van der Waals surface area contributed by atoms with E-state index in [-0.39, 0.29) is 11.7 Å². The summed E-state index contributed by atoms with van der Waals surface area (Å²) in [5.41, 5.74) is 4.49. The molecule has 7 heteroatoms. The molecule has 0 spiro atoms. The van der Waals surface area contributed by atoms with E-state index in [0.717, 1.165) is 32.7 Å². The lowest BCUT2D eigenvalue weighted by atomic mass is 10.2. The van der Waals surface area contributed by atoms with E-state index in [2.05, 4.69) is 39.7 Å². The van der Waals surface area contributed by atoms with Crippen LogP contribution in [0.4, 0.5) is 5.69 Å². The maximum Gasteiger partial charge on any atom is 0.245 e. The predicted octanol–water partition coefficient (Wildman–Crippen LogP) is 0.646. The van der Waals surface area contributed by atoms with Crippen LogP contribution in [0.3, 0.4) is 0 Å². The van der Waals surface area contributed by atoms with Gasteiger partial charge in [-0.05, 0) is 35.9 Å². The van der Waals surface area contributed by atoms with Crippen molar-refractivity contribution in [2.24, 2.45) is 5.10 Å². The maximum absolute atomic E-state index is 12.0. The molecule has 1 aliphatic heterocycles. The van der Waals surface area contributed by atoms with Crippen LogP contribution in [0.2, 0.25) is 0 Å². The Kier molecular flexibility index (Phi) is 6.86. The van der Waals surface area contributed by atoms with Crippen LogP contribution >= 0.6 is 0 Å². The molecule has 2 aromatic rings. The molecule has 0 radical (unpaired) electrons. The largest absolute Gasteiger partial charge is 0.504 e. The minimum Gasteiger partial charge on any atom is -0.504 e. The highest BCUT2D eigenvalue weighted by atomic mass is 16.5. The van der Waals surface area contributed by atoms with Crippen LogP contribution in [-0.2, 0) is 4.79 Å². The second kappa shape index (κ2) is 9.75. The van der Waals surface area contributed by atoms with Crippen molar-refractivity contribution in [1.29, 1.82) is 0 Å². The van der Waals surface area contributed by atoms with E-state index in [1.165, 1.54) is 30.0 Å². The lowest BCUT2D eigenvalue weighted by Gasteiger charge is -2.33. The number of methoxy groups -OCH3 is 1. The van der Waals surface area contributed by atoms with Gasteiger partial charge >= 0.3 is 0 Å². The van der Waals surface area contributed by atoms with Gasteiger partial charge < -0.3 is 19.6 Å². The van der Waals surface area contributed by atoms with E-state index in [9.17, 15) is 9.90 Å². The van der Waals surface area contributed by atoms with E-state index in [0.29, 0.717) is 17.7 Å². The van der Waals surface area contributed by atoms with Crippen molar-refractivity contribution in [3.63, 3.8) is 0 Å². The van der Waals surface area contributed by atoms with Crippen molar-refractivity contribution >= 4 is 17.8 Å². The number of ether oxygens (including phenoxy) is 1. The van der Waals surface area contributed by atoms with Crippen LogP contribution in [0, 0.1) is 0 Å². The summed E-state index contributed by atoms with van der Waals surface area (Å²) in [5, 5.41) is 13.7. The molecule has 3 rings (SSSR count). The molecule has 0 aliphatic carbocycles. The SMILES string of the molecule is COc1ccc(/C=N\NC(=O)CC[NH+]2CCN(c3ccccc3)CC2)cc1O. The van der Waals surface area contributed by atoms with E-state index in [1.54, 1.807) is 12.1 Å². The van der Waals surface area contributed by atoms with Gasteiger partial charge in [0.05, 0.1) is 52.5 Å². The van der Waals surface area contributed by atoms with Crippen molar-refractivity contribution in [3.05, 3.63) is 54.1 Å². The third kappa shape index (κ3) is 5.47. The minimum absolute atomic E-state index is 0.0380. The highest BCUT2D eigenvalue weighted by molar-refractivity contribution is 5.83. The second-order valence-corrected chi connectivity index (χ2v) is 6.80. The zero-order valence-electron chi connectivity index (χ0n) is 16.1. The highest BCUT2D eigenvalue weighted by Gasteiger charge is 2.20. The van der Waals surface area contributed by atoms with Gasteiger partial charge in [0, 0.05) is 5.69 Å². The van der Waals surface area contributed by atoms with Crippen molar-refractivity contribution in [2.45, 2.75) is 6.42 Å². The average molecular weight is 383 g/mol. The van der Waals surface area contributed by atoms with E-state index in [1.807, 2.05) is 6.07 Å². The Labute approximate surface area is 165 Å². The molecule has 0 atom stereocenters. The fraction of sp³-hybridized carbons (Fsp3) is 0.333. The lowest BCUT2D eigenvalue weighted by molar-refractivity contribution is -0.900. The molecule has 1 heterocycles. The molecule has 0 bridgehead atoms. The maximum atomic E-state index is 12.0. The van der Waals surface area contributed by atoms with Crippen molar-refractivity contribution in [3.8, 4) is 11.5 Å². The molecule has 0 unspecified atom stereocenters. The molecule has 2 aromatic carbocycles. The number of para-hydroxylation sites is 1. The van der Waals surface area contributed by atoms with Gasteiger partial charge in [-0.3, -0.25) is 4.79 Å². The minimum atomic E-state index is -0.105. The topological polar surface area (TPSA) is 78.6 Å². The third-order valence-corrected chi connectivity index (χ3v) is 4.90. The average Bonchev–Trinajstić information content (AvgIpc) is 2.73. The molecular formula is C21H27N4O3+. The van der Waals surface area contributed by atoms with Crippen LogP contribution < -0.4 is 20.0 Å². The Morgan fingerprint density at radius 1 is 1.25 bits per heavy atom. The highest BCUT2D eigenvalue weighted by Crippen LogP contribution is 2.25. The number of benzene rings is 2. The molecule has 28 heavy (non-hydrogen) atoms. The number of quaternary nitrogens is 1. The summed E-state index contributed by atoms with van der Waals surface area (Å²) in [7, 11) is 1.49. The number of phenols is 1. The summed E-state index contributed by atoms with van der Waals surface area (Å²) < 4.78 is 4.99. The number of aromatic hydroxyl groups is 1. The molecule has 1 aliphatic rings. The molecule has 3 N–H and O–H groups in total. The van der Waals surface area contributed by atoms with Gasteiger partial charge in [0.1, 0.15) is 0 Å². The van der Waals surface area contributed by atoms with Gasteiger partial charge in [-0.15, -0.1) is 0 Å². The molecule has 1 amide bonds. The summed E-state index contributed by atoms with van der Waals surface area (Å²) >= 11 is 0. The number of phenolic OH excluding ortho intramolecular Hbond substituents is 1. The Morgan fingerprint density at radius 2 is 2.00 bits per heavy atom. The zero-order chi connectivity index (χ0) is 19.8. The Bertz CT molecular complexity index is 803. The standard InChI is InChI=1S/C21H26N4O3/c1-28-20-8-7-17(15-19(20)26)16-22-23-21(27)9-10-24-11-13-25(14-12-24)18-5-3-2-4-6-18/h2-8,15-16,26H,9-14H2,1H3,(H,23,27)/p+1/b22-16-. The van der Waals surface area contributed by atoms with Gasteiger partial charge in [0.25, 0.3) is 0 Å². The molecule has 0 aromatic heterocycles. The van der Waals surface area contributed by atoms with Gasteiger partial charge in [-0.1, -0.05) is 18.2 Å². The number of piperazine rings is 1. The normalized spacial score (nSPS) is 15.0. The van der Waals surface area contributed by atoms with Crippen LogP contribution in [0.5, 0.6) is 11.5 Å². The first-order valence-corrected chi connectivity index (χ1v) is 9.48. The molecule has 0 saturated carbocycles. The number of carbonyl (C=O) groups excluding carboxylic acids is 1. The molecular weight excluding hydrogens is 356 g/mol. The summed E-state index contributed by atoms with van der Waals surface area (Å²) in [6.45, 7) is 4.85. The summed E-state index contributed by atoms with van der Waals surface area (Å²) in [6, 6.07) is 15.4. The first-order chi connectivity index (χ1) is 13.7. The molecule has 1 fully saturated rings.